The van der Waals surface area contributed by atoms with Crippen molar-refractivity contribution in [1.29, 1.82) is 0 Å². The second-order valence-corrected chi connectivity index (χ2v) is 8.64. The third kappa shape index (κ3) is 3.19. The minimum absolute atomic E-state index is 0.493. The third-order valence-corrected chi connectivity index (χ3v) is 5.41. The van der Waals surface area contributed by atoms with Crippen LogP contribution in [-0.4, -0.2) is 4.98 Å². The molecular weight excluding hydrogens is 322 g/mol. The Kier molecular flexibility index (Phi) is 3.34. The summed E-state index contributed by atoms with van der Waals surface area (Å²) in [7, 11) is 0. The van der Waals surface area contributed by atoms with Crippen molar-refractivity contribution < 1.29 is 2.74 Å². The number of fused-ring (bicyclic) bond motifs is 3. The Balaban J connectivity index is 1.93. The van der Waals surface area contributed by atoms with Gasteiger partial charge in [0.05, 0.1) is 5.69 Å². The average molecular weight is 348 g/mol. The Morgan fingerprint density at radius 1 is 1.04 bits per heavy atom. The summed E-state index contributed by atoms with van der Waals surface area (Å²) in [5.41, 5.74) is 3.34. The van der Waals surface area contributed by atoms with E-state index in [1.54, 1.807) is 23.6 Å². The predicted octanol–water partition coefficient (Wildman–Crippen LogP) is 7.01. The molecule has 0 saturated carbocycles. The van der Waals surface area contributed by atoms with Crippen LogP contribution in [0.3, 0.4) is 0 Å². The van der Waals surface area contributed by atoms with E-state index in [2.05, 4.69) is 48.3 Å². The number of hydrogen-bond donors (Lipinski definition) is 0. The molecular formula is C23H23NS. The number of aromatic nitrogens is 1. The molecule has 0 aliphatic heterocycles. The highest BCUT2D eigenvalue weighted by atomic mass is 32.1. The maximum absolute atomic E-state index is 8.59. The van der Waals surface area contributed by atoms with Crippen molar-refractivity contribution in [2.75, 3.05) is 0 Å². The van der Waals surface area contributed by atoms with E-state index in [1.165, 1.54) is 25.7 Å². The first kappa shape index (κ1) is 14.0. The van der Waals surface area contributed by atoms with Crippen LogP contribution in [-0.2, 0) is 6.37 Å². The molecule has 0 radical (unpaired) electrons. The maximum atomic E-state index is 8.59. The lowest BCUT2D eigenvalue weighted by atomic mass is 9.88. The minimum atomic E-state index is -1.43. The van der Waals surface area contributed by atoms with Crippen molar-refractivity contribution in [1.82, 2.24) is 4.98 Å². The molecule has 126 valence electrons. The summed E-state index contributed by atoms with van der Waals surface area (Å²) < 4.78 is 19.7. The molecule has 0 atom stereocenters. The smallest absolute Gasteiger partial charge is 0.0719 e. The van der Waals surface area contributed by atoms with Crippen LogP contribution in [0, 0.1) is 12.3 Å². The molecule has 2 aromatic heterocycles. The van der Waals surface area contributed by atoms with E-state index in [9.17, 15) is 0 Å². The molecule has 4 aromatic rings. The molecule has 2 heteroatoms. The molecule has 0 bridgehead atoms. The highest BCUT2D eigenvalue weighted by molar-refractivity contribution is 7.26. The van der Waals surface area contributed by atoms with Crippen LogP contribution >= 0.6 is 11.3 Å². The zero-order valence-corrected chi connectivity index (χ0v) is 15.9. The third-order valence-electron chi connectivity index (χ3n) is 4.21. The molecule has 25 heavy (non-hydrogen) atoms. The SMILES string of the molecule is [2H]C([2H])(c1ccnc(-c2cccc3c2sc2cc(C)ccc23)c1)C(C)(C)C. The van der Waals surface area contributed by atoms with Crippen LogP contribution in [0.2, 0.25) is 0 Å². The molecule has 2 aromatic carbocycles. The first-order valence-electron chi connectivity index (χ1n) is 9.57. The number of thiophene rings is 1. The second-order valence-electron chi connectivity index (χ2n) is 7.59. The van der Waals surface area contributed by atoms with Crippen molar-refractivity contribution in [2.45, 2.75) is 34.1 Å². The molecule has 1 nitrogen and oxygen atoms in total. The average Bonchev–Trinajstić information content (AvgIpc) is 2.98. The molecule has 4 rings (SSSR count). The van der Waals surface area contributed by atoms with Gasteiger partial charge in [-0.25, -0.2) is 0 Å². The Morgan fingerprint density at radius 2 is 1.88 bits per heavy atom. The van der Waals surface area contributed by atoms with Crippen molar-refractivity contribution in [2.24, 2.45) is 5.41 Å². The van der Waals surface area contributed by atoms with E-state index in [-0.39, 0.29) is 0 Å². The molecule has 0 N–H and O–H groups in total. The summed E-state index contributed by atoms with van der Waals surface area (Å²) in [6, 6.07) is 16.6. The first-order chi connectivity index (χ1) is 12.7. The fourth-order valence-electron chi connectivity index (χ4n) is 3.20. The van der Waals surface area contributed by atoms with Gasteiger partial charge in [0.2, 0.25) is 0 Å². The van der Waals surface area contributed by atoms with E-state index in [1.807, 2.05) is 26.8 Å². The van der Waals surface area contributed by atoms with Gasteiger partial charge in [0.1, 0.15) is 0 Å². The van der Waals surface area contributed by atoms with Gasteiger partial charge >= 0.3 is 0 Å². The van der Waals surface area contributed by atoms with Gasteiger partial charge in [0, 0.05) is 34.7 Å². The lowest BCUT2D eigenvalue weighted by molar-refractivity contribution is 0.411. The largest absolute Gasteiger partial charge is 0.256 e. The highest BCUT2D eigenvalue weighted by Gasteiger charge is 2.14. The molecule has 0 unspecified atom stereocenters. The van der Waals surface area contributed by atoms with Crippen LogP contribution in [0.15, 0.2) is 54.7 Å². The van der Waals surface area contributed by atoms with E-state index < -0.39 is 11.8 Å². The second kappa shape index (κ2) is 5.96. The van der Waals surface area contributed by atoms with Gasteiger partial charge in [0.15, 0.2) is 0 Å². The van der Waals surface area contributed by atoms with Crippen LogP contribution in [0.1, 0.15) is 34.6 Å². The number of pyridine rings is 1. The molecule has 0 spiro atoms. The van der Waals surface area contributed by atoms with Gasteiger partial charge in [-0.05, 0) is 48.0 Å². The molecule has 0 aliphatic carbocycles. The van der Waals surface area contributed by atoms with Crippen molar-refractivity contribution in [3.63, 3.8) is 0 Å². The van der Waals surface area contributed by atoms with Gasteiger partial charge in [-0.1, -0.05) is 51.1 Å². The Bertz CT molecular complexity index is 1150. The number of hydrogen-bond acceptors (Lipinski definition) is 2. The molecule has 0 amide bonds. The fourth-order valence-corrected chi connectivity index (χ4v) is 4.52. The summed E-state index contributed by atoms with van der Waals surface area (Å²) in [4.78, 5) is 4.58. The lowest BCUT2D eigenvalue weighted by Crippen LogP contribution is -2.09. The summed E-state index contributed by atoms with van der Waals surface area (Å²) >= 11 is 1.78. The standard InChI is InChI=1S/C23H23NS/c1-15-8-9-17-18-6-5-7-19(22(18)25-21(17)12-15)20-13-16(10-11-24-20)14-23(2,3)4/h5-13H,14H2,1-4H3/i14D2. The topological polar surface area (TPSA) is 12.9 Å². The summed E-state index contributed by atoms with van der Waals surface area (Å²) in [6.07, 6.45) is 0.292. The van der Waals surface area contributed by atoms with Crippen LogP contribution in [0.25, 0.3) is 31.4 Å². The van der Waals surface area contributed by atoms with Crippen LogP contribution < -0.4 is 0 Å². The molecule has 2 heterocycles. The van der Waals surface area contributed by atoms with Gasteiger partial charge in [-0.15, -0.1) is 11.3 Å². The summed E-state index contributed by atoms with van der Waals surface area (Å²) in [5, 5.41) is 2.50. The predicted molar refractivity (Wildman–Crippen MR) is 110 cm³/mol. The zero-order chi connectivity index (χ0) is 19.4. The number of nitrogens with zero attached hydrogens (tertiary/aromatic N) is 1. The Hall–Kier alpha value is -2.19. The van der Waals surface area contributed by atoms with Gasteiger partial charge in [-0.2, -0.15) is 0 Å². The number of benzene rings is 2. The molecule has 0 aliphatic rings. The van der Waals surface area contributed by atoms with Crippen LogP contribution in [0.5, 0.6) is 0 Å². The lowest BCUT2D eigenvalue weighted by Gasteiger charge is -2.18. The van der Waals surface area contributed by atoms with Gasteiger partial charge < -0.3 is 0 Å². The van der Waals surface area contributed by atoms with Crippen molar-refractivity contribution in [3.8, 4) is 11.3 Å². The Morgan fingerprint density at radius 3 is 2.68 bits per heavy atom. The monoisotopic (exact) mass is 347 g/mol. The van der Waals surface area contributed by atoms with Crippen LogP contribution in [0.4, 0.5) is 0 Å². The van der Waals surface area contributed by atoms with E-state index in [0.29, 0.717) is 5.56 Å². The normalized spacial score (nSPS) is 13.9. The van der Waals surface area contributed by atoms with E-state index in [4.69, 9.17) is 2.74 Å². The van der Waals surface area contributed by atoms with E-state index >= 15 is 0 Å². The minimum Gasteiger partial charge on any atom is -0.256 e. The fraction of sp³-hybridized carbons (Fsp3) is 0.261. The maximum Gasteiger partial charge on any atom is 0.0719 e. The van der Waals surface area contributed by atoms with Crippen molar-refractivity contribution in [3.05, 3.63) is 65.9 Å². The van der Waals surface area contributed by atoms with Crippen molar-refractivity contribution >= 4 is 31.5 Å². The highest BCUT2D eigenvalue weighted by Crippen LogP contribution is 2.39. The number of rotatable bonds is 2. The van der Waals surface area contributed by atoms with E-state index in [0.717, 1.165) is 11.3 Å². The quantitative estimate of drug-likeness (QED) is 0.380. The first-order valence-corrected chi connectivity index (χ1v) is 9.39. The van der Waals surface area contributed by atoms with Gasteiger partial charge in [0.25, 0.3) is 0 Å². The van der Waals surface area contributed by atoms with Gasteiger partial charge in [-0.3, -0.25) is 4.98 Å². The Labute approximate surface area is 156 Å². The summed E-state index contributed by atoms with van der Waals surface area (Å²) in [6.45, 7) is 7.91. The summed E-state index contributed by atoms with van der Waals surface area (Å²) in [5.74, 6) is 0. The molecule has 0 saturated heterocycles. The zero-order valence-electron chi connectivity index (χ0n) is 17.1. The number of aryl methyl sites for hydroxylation is 1. The molecule has 0 fully saturated rings.